The highest BCUT2D eigenvalue weighted by atomic mass is 35.5. The second-order valence-electron chi connectivity index (χ2n) is 6.72. The molecule has 3 heterocycles. The van der Waals surface area contributed by atoms with E-state index in [1.165, 1.54) is 0 Å². The summed E-state index contributed by atoms with van der Waals surface area (Å²) in [6.07, 6.45) is 0.923. The first kappa shape index (κ1) is 16.6. The average molecular weight is 362 g/mol. The molecule has 0 unspecified atom stereocenters. The molecule has 0 radical (unpaired) electrons. The van der Waals surface area contributed by atoms with E-state index in [1.807, 2.05) is 24.3 Å². The quantitative estimate of drug-likeness (QED) is 0.910. The monoisotopic (exact) mass is 361 g/mol. The SMILES string of the molecule is Cc1cc(C(=O)N[C@H]2C[C@H]3CO[C@@H](c4ccc(Cl)cc4)CN3C2)on1. The van der Waals surface area contributed by atoms with Gasteiger partial charge in [-0.3, -0.25) is 9.69 Å². The smallest absolute Gasteiger partial charge is 0.290 e. The molecule has 0 spiro atoms. The fourth-order valence-corrected chi connectivity index (χ4v) is 3.71. The Bertz CT molecular complexity index is 761. The molecule has 0 saturated carbocycles. The fraction of sp³-hybridized carbons (Fsp3) is 0.444. The van der Waals surface area contributed by atoms with Gasteiger partial charge in [0.2, 0.25) is 5.76 Å². The molecule has 2 aliphatic rings. The minimum atomic E-state index is -0.208. The molecular weight excluding hydrogens is 342 g/mol. The van der Waals surface area contributed by atoms with Gasteiger partial charge in [0.15, 0.2) is 0 Å². The van der Waals surface area contributed by atoms with Crippen molar-refractivity contribution in [3.63, 3.8) is 0 Å². The Hall–Kier alpha value is -1.89. The molecule has 2 fully saturated rings. The average Bonchev–Trinajstić information content (AvgIpc) is 3.20. The van der Waals surface area contributed by atoms with Crippen molar-refractivity contribution in [2.45, 2.75) is 31.5 Å². The summed E-state index contributed by atoms with van der Waals surface area (Å²) in [5.74, 6) is 0.0540. The number of morpholine rings is 1. The van der Waals surface area contributed by atoms with E-state index in [2.05, 4.69) is 15.4 Å². The van der Waals surface area contributed by atoms with Gasteiger partial charge < -0.3 is 14.6 Å². The molecule has 1 aromatic heterocycles. The third-order valence-electron chi connectivity index (χ3n) is 4.85. The van der Waals surface area contributed by atoms with Gasteiger partial charge in [0.25, 0.3) is 5.91 Å². The van der Waals surface area contributed by atoms with Crippen LogP contribution in [0.4, 0.5) is 0 Å². The molecular formula is C18H20ClN3O3. The number of nitrogens with zero attached hydrogens (tertiary/aromatic N) is 2. The first-order chi connectivity index (χ1) is 12.1. The van der Waals surface area contributed by atoms with Crippen LogP contribution in [-0.2, 0) is 4.74 Å². The van der Waals surface area contributed by atoms with Gasteiger partial charge in [-0.25, -0.2) is 0 Å². The number of carbonyl (C=O) groups is 1. The van der Waals surface area contributed by atoms with Gasteiger partial charge in [0, 0.05) is 36.3 Å². The zero-order valence-corrected chi connectivity index (χ0v) is 14.7. The summed E-state index contributed by atoms with van der Waals surface area (Å²) in [6.45, 7) is 4.10. The number of aryl methyl sites for hydroxylation is 1. The van der Waals surface area contributed by atoms with E-state index < -0.39 is 0 Å². The number of hydrogen-bond acceptors (Lipinski definition) is 5. The maximum Gasteiger partial charge on any atom is 0.290 e. The second-order valence-corrected chi connectivity index (χ2v) is 7.16. The maximum absolute atomic E-state index is 12.2. The lowest BCUT2D eigenvalue weighted by molar-refractivity contribution is -0.0502. The summed E-state index contributed by atoms with van der Waals surface area (Å²) in [4.78, 5) is 14.6. The van der Waals surface area contributed by atoms with E-state index >= 15 is 0 Å². The van der Waals surface area contributed by atoms with E-state index in [1.54, 1.807) is 13.0 Å². The van der Waals surface area contributed by atoms with Gasteiger partial charge in [-0.2, -0.15) is 0 Å². The number of nitrogens with one attached hydrogen (secondary N) is 1. The summed E-state index contributed by atoms with van der Waals surface area (Å²) in [5, 5.41) is 7.52. The van der Waals surface area contributed by atoms with Crippen LogP contribution in [0.15, 0.2) is 34.9 Å². The maximum atomic E-state index is 12.2. The summed E-state index contributed by atoms with van der Waals surface area (Å²) in [5.41, 5.74) is 1.83. The van der Waals surface area contributed by atoms with Crippen molar-refractivity contribution in [2.75, 3.05) is 19.7 Å². The van der Waals surface area contributed by atoms with Crippen LogP contribution < -0.4 is 5.32 Å². The van der Waals surface area contributed by atoms with Crippen molar-refractivity contribution in [1.29, 1.82) is 0 Å². The van der Waals surface area contributed by atoms with Crippen molar-refractivity contribution in [3.8, 4) is 0 Å². The normalized spacial score (nSPS) is 26.4. The Morgan fingerprint density at radius 3 is 2.84 bits per heavy atom. The molecule has 3 atom stereocenters. The Balaban J connectivity index is 1.36. The summed E-state index contributed by atoms with van der Waals surface area (Å²) < 4.78 is 11.1. The van der Waals surface area contributed by atoms with Crippen molar-refractivity contribution in [3.05, 3.63) is 52.4 Å². The Morgan fingerprint density at radius 1 is 1.32 bits per heavy atom. The standard InChI is InChI=1S/C18H20ClN3O3/c1-11-6-16(25-21-11)18(23)20-14-7-15-10-24-17(9-22(15)8-14)12-2-4-13(19)5-3-12/h2-6,14-15,17H,7-10H2,1H3,(H,20,23)/t14-,15-,17+/m0/s1. The van der Waals surface area contributed by atoms with Crippen molar-refractivity contribution in [2.24, 2.45) is 0 Å². The summed E-state index contributed by atoms with van der Waals surface area (Å²) >= 11 is 5.96. The minimum Gasteiger partial charge on any atom is -0.371 e. The molecule has 2 aliphatic heterocycles. The lowest BCUT2D eigenvalue weighted by atomic mass is 10.1. The van der Waals surface area contributed by atoms with Crippen LogP contribution in [0.2, 0.25) is 5.02 Å². The first-order valence-corrected chi connectivity index (χ1v) is 8.81. The number of amides is 1. The number of benzene rings is 1. The predicted molar refractivity (Wildman–Crippen MR) is 92.6 cm³/mol. The molecule has 2 aromatic rings. The fourth-order valence-electron chi connectivity index (χ4n) is 3.58. The second kappa shape index (κ2) is 6.78. The predicted octanol–water partition coefficient (Wildman–Crippen LogP) is 2.58. The van der Waals surface area contributed by atoms with Gasteiger partial charge in [-0.05, 0) is 31.0 Å². The lowest BCUT2D eigenvalue weighted by Crippen LogP contribution is -2.43. The summed E-state index contributed by atoms with van der Waals surface area (Å²) in [6, 6.07) is 9.87. The molecule has 4 rings (SSSR count). The molecule has 7 heteroatoms. The Morgan fingerprint density at radius 2 is 2.12 bits per heavy atom. The molecule has 1 amide bonds. The van der Waals surface area contributed by atoms with Crippen LogP contribution in [0, 0.1) is 6.92 Å². The van der Waals surface area contributed by atoms with E-state index in [0.717, 1.165) is 30.1 Å². The number of rotatable bonds is 3. The number of fused-ring (bicyclic) bond motifs is 1. The molecule has 1 aromatic carbocycles. The molecule has 1 N–H and O–H groups in total. The molecule has 0 aliphatic carbocycles. The Labute approximate surface area is 151 Å². The third-order valence-corrected chi connectivity index (χ3v) is 5.10. The van der Waals surface area contributed by atoms with Crippen molar-refractivity contribution >= 4 is 17.5 Å². The van der Waals surface area contributed by atoms with E-state index in [4.69, 9.17) is 20.9 Å². The highest BCUT2D eigenvalue weighted by Crippen LogP contribution is 2.30. The number of ether oxygens (including phenoxy) is 1. The largest absolute Gasteiger partial charge is 0.371 e. The molecule has 25 heavy (non-hydrogen) atoms. The van der Waals surface area contributed by atoms with Crippen LogP contribution in [0.25, 0.3) is 0 Å². The van der Waals surface area contributed by atoms with Gasteiger partial charge in [-0.1, -0.05) is 28.9 Å². The zero-order valence-electron chi connectivity index (χ0n) is 13.9. The van der Waals surface area contributed by atoms with Crippen molar-refractivity contribution in [1.82, 2.24) is 15.4 Å². The highest BCUT2D eigenvalue weighted by molar-refractivity contribution is 6.30. The highest BCUT2D eigenvalue weighted by Gasteiger charge is 2.38. The van der Waals surface area contributed by atoms with E-state index in [0.29, 0.717) is 18.3 Å². The van der Waals surface area contributed by atoms with Gasteiger partial charge in [0.1, 0.15) is 0 Å². The lowest BCUT2D eigenvalue weighted by Gasteiger charge is -2.35. The third kappa shape index (κ3) is 3.56. The number of carbonyl (C=O) groups excluding carboxylic acids is 1. The van der Waals surface area contributed by atoms with Crippen LogP contribution in [0.1, 0.15) is 34.3 Å². The molecule has 132 valence electrons. The zero-order chi connectivity index (χ0) is 17.4. The Kier molecular flexibility index (Phi) is 4.50. The van der Waals surface area contributed by atoms with Crippen LogP contribution in [0.5, 0.6) is 0 Å². The molecule has 0 bridgehead atoms. The topological polar surface area (TPSA) is 67.6 Å². The number of aromatic nitrogens is 1. The van der Waals surface area contributed by atoms with Gasteiger partial charge in [0.05, 0.1) is 18.4 Å². The van der Waals surface area contributed by atoms with Crippen LogP contribution >= 0.6 is 11.6 Å². The van der Waals surface area contributed by atoms with Crippen molar-refractivity contribution < 1.29 is 14.1 Å². The van der Waals surface area contributed by atoms with Crippen LogP contribution in [0.3, 0.4) is 0 Å². The van der Waals surface area contributed by atoms with Crippen LogP contribution in [-0.4, -0.2) is 47.7 Å². The number of hydrogen-bond donors (Lipinski definition) is 1. The van der Waals surface area contributed by atoms with Gasteiger partial charge >= 0.3 is 0 Å². The molecule has 6 nitrogen and oxygen atoms in total. The van der Waals surface area contributed by atoms with E-state index in [-0.39, 0.29) is 23.8 Å². The first-order valence-electron chi connectivity index (χ1n) is 8.44. The molecule has 2 saturated heterocycles. The summed E-state index contributed by atoms with van der Waals surface area (Å²) in [7, 11) is 0. The van der Waals surface area contributed by atoms with Gasteiger partial charge in [-0.15, -0.1) is 0 Å². The minimum absolute atomic E-state index is 0.0416. The number of halogens is 1. The van der Waals surface area contributed by atoms with E-state index in [9.17, 15) is 4.79 Å².